The Kier molecular flexibility index (Phi) is 2.60. The van der Waals surface area contributed by atoms with Gasteiger partial charge in [-0.3, -0.25) is 4.79 Å². The Morgan fingerprint density at radius 2 is 1.75 bits per heavy atom. The lowest BCUT2D eigenvalue weighted by molar-refractivity contribution is 1.14. The molecule has 2 aromatic rings. The summed E-state index contributed by atoms with van der Waals surface area (Å²) in [6.07, 6.45) is 3.15. The van der Waals surface area contributed by atoms with Gasteiger partial charge >= 0.3 is 0 Å². The van der Waals surface area contributed by atoms with Crippen LogP contribution in [0, 0.1) is 20.8 Å². The minimum Gasteiger partial charge on any atom is -0.326 e. The molecule has 0 aliphatic rings. The van der Waals surface area contributed by atoms with Crippen molar-refractivity contribution in [1.82, 2.24) is 9.97 Å². The second-order valence-electron chi connectivity index (χ2n) is 4.02. The normalized spacial score (nSPS) is 10.4. The third-order valence-corrected chi connectivity index (χ3v) is 2.80. The van der Waals surface area contributed by atoms with Crippen molar-refractivity contribution in [3.8, 4) is 11.3 Å². The Labute approximate surface area is 94.2 Å². The fourth-order valence-electron chi connectivity index (χ4n) is 1.76. The van der Waals surface area contributed by atoms with Crippen LogP contribution in [0.1, 0.15) is 16.7 Å². The molecule has 0 radical (unpaired) electrons. The van der Waals surface area contributed by atoms with Gasteiger partial charge in [-0.15, -0.1) is 0 Å². The number of aromatic nitrogens is 2. The maximum absolute atomic E-state index is 11.7. The van der Waals surface area contributed by atoms with Crippen LogP contribution in [-0.2, 0) is 0 Å². The number of rotatable bonds is 1. The molecule has 1 aromatic heterocycles. The number of benzene rings is 1. The van der Waals surface area contributed by atoms with Gasteiger partial charge in [-0.1, -0.05) is 6.07 Å². The molecule has 3 heteroatoms. The fourth-order valence-corrected chi connectivity index (χ4v) is 1.76. The first-order chi connectivity index (χ1) is 7.59. The quantitative estimate of drug-likeness (QED) is 0.792. The molecule has 0 amide bonds. The molecule has 1 aromatic carbocycles. The number of hydrogen-bond donors (Lipinski definition) is 1. The standard InChI is InChI=1S/C13H14N2O/c1-8-6-10(3)11(7-9(8)2)12-13(16)15-5-4-14-12/h4-7H,1-3H3,(H,15,16). The molecule has 0 saturated heterocycles. The molecule has 0 spiro atoms. The Morgan fingerprint density at radius 1 is 1.06 bits per heavy atom. The van der Waals surface area contributed by atoms with Gasteiger partial charge in [-0.25, -0.2) is 4.98 Å². The minimum absolute atomic E-state index is 0.145. The number of aryl methyl sites for hydroxylation is 3. The first-order valence-corrected chi connectivity index (χ1v) is 5.21. The number of hydrogen-bond acceptors (Lipinski definition) is 2. The van der Waals surface area contributed by atoms with Gasteiger partial charge in [-0.2, -0.15) is 0 Å². The molecule has 0 fully saturated rings. The smallest absolute Gasteiger partial charge is 0.274 e. The predicted octanol–water partition coefficient (Wildman–Crippen LogP) is 2.36. The van der Waals surface area contributed by atoms with E-state index in [1.165, 1.54) is 11.1 Å². The van der Waals surface area contributed by atoms with Crippen molar-refractivity contribution >= 4 is 0 Å². The number of H-pyrrole nitrogens is 1. The van der Waals surface area contributed by atoms with Crippen LogP contribution in [0.4, 0.5) is 0 Å². The van der Waals surface area contributed by atoms with E-state index < -0.39 is 0 Å². The van der Waals surface area contributed by atoms with Crippen LogP contribution in [0.25, 0.3) is 11.3 Å². The molecular formula is C13H14N2O. The maximum atomic E-state index is 11.7. The van der Waals surface area contributed by atoms with Crippen molar-refractivity contribution in [2.75, 3.05) is 0 Å². The summed E-state index contributed by atoms with van der Waals surface area (Å²) < 4.78 is 0. The summed E-state index contributed by atoms with van der Waals surface area (Å²) in [6.45, 7) is 6.10. The van der Waals surface area contributed by atoms with Crippen LogP contribution in [-0.4, -0.2) is 9.97 Å². The molecule has 0 aliphatic heterocycles. The third kappa shape index (κ3) is 1.76. The average molecular weight is 214 g/mol. The highest BCUT2D eigenvalue weighted by atomic mass is 16.1. The van der Waals surface area contributed by atoms with Crippen LogP contribution < -0.4 is 5.56 Å². The van der Waals surface area contributed by atoms with Gasteiger partial charge in [0.25, 0.3) is 5.56 Å². The second kappa shape index (κ2) is 3.93. The molecule has 2 rings (SSSR count). The molecule has 16 heavy (non-hydrogen) atoms. The summed E-state index contributed by atoms with van der Waals surface area (Å²) in [7, 11) is 0. The van der Waals surface area contributed by atoms with E-state index >= 15 is 0 Å². The molecule has 0 aliphatic carbocycles. The molecule has 1 heterocycles. The average Bonchev–Trinajstić information content (AvgIpc) is 2.25. The lowest BCUT2D eigenvalue weighted by Gasteiger charge is -2.08. The van der Waals surface area contributed by atoms with Gasteiger partial charge in [0, 0.05) is 18.0 Å². The summed E-state index contributed by atoms with van der Waals surface area (Å²) in [5.41, 5.74) is 4.73. The topological polar surface area (TPSA) is 45.8 Å². The first kappa shape index (κ1) is 10.6. The van der Waals surface area contributed by atoms with E-state index in [9.17, 15) is 4.79 Å². The highest BCUT2D eigenvalue weighted by Crippen LogP contribution is 2.22. The summed E-state index contributed by atoms with van der Waals surface area (Å²) in [5, 5.41) is 0. The van der Waals surface area contributed by atoms with Crippen LogP contribution in [0.2, 0.25) is 0 Å². The van der Waals surface area contributed by atoms with E-state index in [2.05, 4.69) is 23.0 Å². The summed E-state index contributed by atoms with van der Waals surface area (Å²) in [4.78, 5) is 18.4. The van der Waals surface area contributed by atoms with Crippen molar-refractivity contribution in [2.24, 2.45) is 0 Å². The zero-order valence-electron chi connectivity index (χ0n) is 9.66. The first-order valence-electron chi connectivity index (χ1n) is 5.21. The highest BCUT2D eigenvalue weighted by Gasteiger charge is 2.08. The lowest BCUT2D eigenvalue weighted by Crippen LogP contribution is -2.10. The van der Waals surface area contributed by atoms with Crippen molar-refractivity contribution in [3.05, 3.63) is 51.6 Å². The van der Waals surface area contributed by atoms with E-state index in [4.69, 9.17) is 0 Å². The van der Waals surface area contributed by atoms with Gasteiger partial charge in [0.05, 0.1) is 0 Å². The van der Waals surface area contributed by atoms with Gasteiger partial charge in [0.15, 0.2) is 0 Å². The largest absolute Gasteiger partial charge is 0.326 e. The Hall–Kier alpha value is -1.90. The van der Waals surface area contributed by atoms with Gasteiger partial charge < -0.3 is 4.98 Å². The van der Waals surface area contributed by atoms with E-state index in [0.29, 0.717) is 5.69 Å². The third-order valence-electron chi connectivity index (χ3n) is 2.80. The Balaban J connectivity index is 2.70. The summed E-state index contributed by atoms with van der Waals surface area (Å²) in [5.74, 6) is 0. The molecule has 0 atom stereocenters. The SMILES string of the molecule is Cc1cc(C)c(-c2ncc[nH]c2=O)cc1C. The van der Waals surface area contributed by atoms with Crippen molar-refractivity contribution in [1.29, 1.82) is 0 Å². The van der Waals surface area contributed by atoms with Crippen molar-refractivity contribution in [2.45, 2.75) is 20.8 Å². The maximum Gasteiger partial charge on any atom is 0.274 e. The summed E-state index contributed by atoms with van der Waals surface area (Å²) in [6, 6.07) is 4.10. The highest BCUT2D eigenvalue weighted by molar-refractivity contribution is 5.64. The van der Waals surface area contributed by atoms with Crippen LogP contribution in [0.5, 0.6) is 0 Å². The Morgan fingerprint density at radius 3 is 2.44 bits per heavy atom. The monoisotopic (exact) mass is 214 g/mol. The fraction of sp³-hybridized carbons (Fsp3) is 0.231. The predicted molar refractivity (Wildman–Crippen MR) is 64.5 cm³/mol. The molecule has 3 nitrogen and oxygen atoms in total. The lowest BCUT2D eigenvalue weighted by atomic mass is 9.99. The number of nitrogens with zero attached hydrogens (tertiary/aromatic N) is 1. The zero-order valence-corrected chi connectivity index (χ0v) is 9.66. The molecule has 0 unspecified atom stereocenters. The van der Waals surface area contributed by atoms with E-state index in [-0.39, 0.29) is 5.56 Å². The van der Waals surface area contributed by atoms with Gasteiger partial charge in [0.2, 0.25) is 0 Å². The van der Waals surface area contributed by atoms with E-state index in [1.807, 2.05) is 19.9 Å². The van der Waals surface area contributed by atoms with Gasteiger partial charge in [-0.05, 0) is 43.5 Å². The Bertz CT molecular complexity index is 585. The molecule has 82 valence electrons. The number of aromatic amines is 1. The van der Waals surface area contributed by atoms with E-state index in [0.717, 1.165) is 11.1 Å². The van der Waals surface area contributed by atoms with Crippen LogP contribution >= 0.6 is 0 Å². The molecule has 1 N–H and O–H groups in total. The van der Waals surface area contributed by atoms with Crippen LogP contribution in [0.15, 0.2) is 29.3 Å². The molecular weight excluding hydrogens is 200 g/mol. The second-order valence-corrected chi connectivity index (χ2v) is 4.02. The van der Waals surface area contributed by atoms with E-state index in [1.54, 1.807) is 12.4 Å². The molecule has 0 saturated carbocycles. The summed E-state index contributed by atoms with van der Waals surface area (Å²) >= 11 is 0. The minimum atomic E-state index is -0.145. The van der Waals surface area contributed by atoms with Crippen molar-refractivity contribution in [3.63, 3.8) is 0 Å². The zero-order chi connectivity index (χ0) is 11.7. The van der Waals surface area contributed by atoms with Crippen LogP contribution in [0.3, 0.4) is 0 Å². The van der Waals surface area contributed by atoms with Crippen molar-refractivity contribution < 1.29 is 0 Å². The number of nitrogens with one attached hydrogen (secondary N) is 1. The molecule has 0 bridgehead atoms. The van der Waals surface area contributed by atoms with Gasteiger partial charge in [0.1, 0.15) is 5.69 Å².